The normalized spacial score (nSPS) is 17.1. The highest BCUT2D eigenvalue weighted by molar-refractivity contribution is 5.93. The summed E-state index contributed by atoms with van der Waals surface area (Å²) in [6, 6.07) is 16.6. The lowest BCUT2D eigenvalue weighted by atomic mass is 10.0. The Balaban J connectivity index is 1.65. The summed E-state index contributed by atoms with van der Waals surface area (Å²) < 4.78 is 5.21. The molecular weight excluding hydrogens is 286 g/mol. The number of hydrogen-bond acceptors (Lipinski definition) is 2. The van der Waals surface area contributed by atoms with E-state index in [1.165, 1.54) is 11.1 Å². The van der Waals surface area contributed by atoms with E-state index in [1.54, 1.807) is 7.11 Å². The molecule has 120 valence electrons. The van der Waals surface area contributed by atoms with Crippen molar-refractivity contribution in [3.8, 4) is 0 Å². The zero-order chi connectivity index (χ0) is 16.1. The number of nitrogens with two attached hydrogens (primary N) is 1. The Morgan fingerprint density at radius 2 is 2.00 bits per heavy atom. The fourth-order valence-electron chi connectivity index (χ4n) is 3.14. The molecule has 0 radical (unpaired) electrons. The minimum Gasteiger partial charge on any atom is -0.380 e. The fraction of sp³-hybridized carbons (Fsp3) is 0.316. The van der Waals surface area contributed by atoms with Crippen molar-refractivity contribution >= 4 is 11.6 Å². The van der Waals surface area contributed by atoms with Crippen molar-refractivity contribution in [1.29, 1.82) is 0 Å². The maximum absolute atomic E-state index is 6.07. The molecule has 0 saturated heterocycles. The van der Waals surface area contributed by atoms with Crippen molar-refractivity contribution in [1.82, 2.24) is 0 Å². The molecule has 2 aromatic carbocycles. The molecule has 4 heteroatoms. The van der Waals surface area contributed by atoms with Crippen molar-refractivity contribution in [3.05, 3.63) is 65.2 Å². The highest BCUT2D eigenvalue weighted by atomic mass is 16.5. The summed E-state index contributed by atoms with van der Waals surface area (Å²) in [5, 5.41) is 3.19. The van der Waals surface area contributed by atoms with Crippen LogP contribution in [0.5, 0.6) is 0 Å². The molecule has 0 bridgehead atoms. The Bertz CT molecular complexity index is 697. The van der Waals surface area contributed by atoms with E-state index in [0.717, 1.165) is 30.6 Å². The van der Waals surface area contributed by atoms with Gasteiger partial charge in [0.25, 0.3) is 0 Å². The van der Waals surface area contributed by atoms with Crippen LogP contribution in [-0.2, 0) is 17.8 Å². The standard InChI is InChI=1S/C19H23N3O/c1-23-13-16-7-3-5-9-18(16)22-19(20)21-12-15-11-10-14-6-2-4-8-17(14)15/h2-9,15H,10-13H2,1H3,(H3,20,21,22). The summed E-state index contributed by atoms with van der Waals surface area (Å²) >= 11 is 0. The van der Waals surface area contributed by atoms with Crippen LogP contribution in [0.3, 0.4) is 0 Å². The van der Waals surface area contributed by atoms with Crippen LogP contribution in [0.1, 0.15) is 29.0 Å². The first-order valence-corrected chi connectivity index (χ1v) is 7.99. The molecule has 0 amide bonds. The molecule has 0 aliphatic heterocycles. The third kappa shape index (κ3) is 3.71. The van der Waals surface area contributed by atoms with Gasteiger partial charge in [0.15, 0.2) is 5.96 Å². The van der Waals surface area contributed by atoms with Crippen molar-refractivity contribution in [2.24, 2.45) is 10.7 Å². The molecule has 1 aliphatic carbocycles. The van der Waals surface area contributed by atoms with Crippen LogP contribution in [-0.4, -0.2) is 19.6 Å². The highest BCUT2D eigenvalue weighted by Crippen LogP contribution is 2.32. The summed E-state index contributed by atoms with van der Waals surface area (Å²) in [6.07, 6.45) is 2.29. The lowest BCUT2D eigenvalue weighted by Crippen LogP contribution is -2.24. The van der Waals surface area contributed by atoms with Crippen LogP contribution in [0.2, 0.25) is 0 Å². The van der Waals surface area contributed by atoms with E-state index < -0.39 is 0 Å². The van der Waals surface area contributed by atoms with Gasteiger partial charge < -0.3 is 15.8 Å². The van der Waals surface area contributed by atoms with Crippen LogP contribution in [0.25, 0.3) is 0 Å². The van der Waals surface area contributed by atoms with E-state index >= 15 is 0 Å². The summed E-state index contributed by atoms with van der Waals surface area (Å²) in [5.74, 6) is 0.929. The third-order valence-electron chi connectivity index (χ3n) is 4.32. The minimum absolute atomic E-state index is 0.456. The Morgan fingerprint density at radius 1 is 1.22 bits per heavy atom. The lowest BCUT2D eigenvalue weighted by Gasteiger charge is -2.12. The fourth-order valence-corrected chi connectivity index (χ4v) is 3.14. The number of nitrogens with zero attached hydrogens (tertiary/aromatic N) is 1. The van der Waals surface area contributed by atoms with Gasteiger partial charge in [-0.25, -0.2) is 0 Å². The van der Waals surface area contributed by atoms with E-state index in [2.05, 4.69) is 34.6 Å². The van der Waals surface area contributed by atoms with Crippen molar-refractivity contribution < 1.29 is 4.74 Å². The van der Waals surface area contributed by atoms with E-state index in [1.807, 2.05) is 24.3 Å². The number of anilines is 1. The van der Waals surface area contributed by atoms with Gasteiger partial charge in [-0.3, -0.25) is 4.99 Å². The van der Waals surface area contributed by atoms with E-state index in [4.69, 9.17) is 10.5 Å². The minimum atomic E-state index is 0.456. The molecule has 0 spiro atoms. The predicted octanol–water partition coefficient (Wildman–Crippen LogP) is 3.29. The van der Waals surface area contributed by atoms with Gasteiger partial charge in [-0.1, -0.05) is 42.5 Å². The molecule has 4 nitrogen and oxygen atoms in total. The molecule has 0 fully saturated rings. The van der Waals surface area contributed by atoms with E-state index in [0.29, 0.717) is 18.5 Å². The molecule has 0 saturated carbocycles. The van der Waals surface area contributed by atoms with Crippen LogP contribution in [0.4, 0.5) is 5.69 Å². The number of ether oxygens (including phenoxy) is 1. The number of benzene rings is 2. The van der Waals surface area contributed by atoms with Crippen LogP contribution < -0.4 is 11.1 Å². The van der Waals surface area contributed by atoms with Gasteiger partial charge >= 0.3 is 0 Å². The molecule has 23 heavy (non-hydrogen) atoms. The van der Waals surface area contributed by atoms with Gasteiger partial charge in [0.05, 0.1) is 6.61 Å². The smallest absolute Gasteiger partial charge is 0.193 e. The first kappa shape index (κ1) is 15.6. The molecule has 0 aromatic heterocycles. The Labute approximate surface area is 137 Å². The van der Waals surface area contributed by atoms with Crippen LogP contribution in [0.15, 0.2) is 53.5 Å². The van der Waals surface area contributed by atoms with Gasteiger partial charge in [0.2, 0.25) is 0 Å². The monoisotopic (exact) mass is 309 g/mol. The largest absolute Gasteiger partial charge is 0.380 e. The second-order valence-electron chi connectivity index (χ2n) is 5.88. The van der Waals surface area contributed by atoms with Crippen molar-refractivity contribution in [2.75, 3.05) is 19.0 Å². The SMILES string of the molecule is COCc1ccccc1NC(N)=NCC1CCc2ccccc21. The third-order valence-corrected chi connectivity index (χ3v) is 4.32. The molecule has 3 N–H and O–H groups in total. The number of methoxy groups -OCH3 is 1. The topological polar surface area (TPSA) is 59.6 Å². The number of guanidine groups is 1. The highest BCUT2D eigenvalue weighted by Gasteiger charge is 2.21. The maximum Gasteiger partial charge on any atom is 0.193 e. The quantitative estimate of drug-likeness (QED) is 0.658. The van der Waals surface area contributed by atoms with Crippen LogP contribution >= 0.6 is 0 Å². The molecular formula is C19H23N3O. The number of aryl methyl sites for hydroxylation is 1. The average Bonchev–Trinajstić information content (AvgIpc) is 2.98. The molecule has 1 aliphatic rings. The maximum atomic E-state index is 6.07. The zero-order valence-corrected chi connectivity index (χ0v) is 13.5. The van der Waals surface area contributed by atoms with Gasteiger partial charge in [0, 0.05) is 30.8 Å². The Hall–Kier alpha value is -2.33. The number of rotatable bonds is 5. The van der Waals surface area contributed by atoms with Crippen molar-refractivity contribution in [3.63, 3.8) is 0 Å². The van der Waals surface area contributed by atoms with Crippen LogP contribution in [0, 0.1) is 0 Å². The number of nitrogens with one attached hydrogen (secondary N) is 1. The second-order valence-corrected chi connectivity index (χ2v) is 5.88. The van der Waals surface area contributed by atoms with E-state index in [9.17, 15) is 0 Å². The summed E-state index contributed by atoms with van der Waals surface area (Å²) in [5.41, 5.74) is 11.0. The average molecular weight is 309 g/mol. The predicted molar refractivity (Wildman–Crippen MR) is 94.8 cm³/mol. The van der Waals surface area contributed by atoms with E-state index in [-0.39, 0.29) is 0 Å². The number of hydrogen-bond donors (Lipinski definition) is 2. The van der Waals surface area contributed by atoms with Gasteiger partial charge in [-0.05, 0) is 30.0 Å². The Morgan fingerprint density at radius 3 is 2.87 bits per heavy atom. The number of aliphatic imine (C=N–C) groups is 1. The molecule has 3 rings (SSSR count). The van der Waals surface area contributed by atoms with Gasteiger partial charge in [-0.2, -0.15) is 0 Å². The molecule has 1 atom stereocenters. The molecule has 1 unspecified atom stereocenters. The number of para-hydroxylation sites is 1. The second kappa shape index (κ2) is 7.29. The van der Waals surface area contributed by atoms with Crippen molar-refractivity contribution in [2.45, 2.75) is 25.4 Å². The molecule has 0 heterocycles. The first-order valence-electron chi connectivity index (χ1n) is 7.99. The molecule has 2 aromatic rings. The summed E-state index contributed by atoms with van der Waals surface area (Å²) in [6.45, 7) is 1.27. The lowest BCUT2D eigenvalue weighted by molar-refractivity contribution is 0.185. The summed E-state index contributed by atoms with van der Waals surface area (Å²) in [7, 11) is 1.69. The van der Waals surface area contributed by atoms with Gasteiger partial charge in [0.1, 0.15) is 0 Å². The number of fused-ring (bicyclic) bond motifs is 1. The van der Waals surface area contributed by atoms with Gasteiger partial charge in [-0.15, -0.1) is 0 Å². The summed E-state index contributed by atoms with van der Waals surface area (Å²) in [4.78, 5) is 4.54. The Kier molecular flexibility index (Phi) is 4.93. The first-order chi connectivity index (χ1) is 11.3. The zero-order valence-electron chi connectivity index (χ0n) is 13.5.